The van der Waals surface area contributed by atoms with Gasteiger partial charge in [0.15, 0.2) is 0 Å². The van der Waals surface area contributed by atoms with Crippen LogP contribution in [0.25, 0.3) is 0 Å². The lowest BCUT2D eigenvalue weighted by Crippen LogP contribution is -1.97. The molecule has 0 atom stereocenters. The van der Waals surface area contributed by atoms with Crippen molar-refractivity contribution >= 4 is 0 Å². The second-order valence-electron chi connectivity index (χ2n) is 1.85. The smallest absolute Gasteiger partial charge is 0.381 e. The third kappa shape index (κ3) is 1.07. The van der Waals surface area contributed by atoms with Gasteiger partial charge in [-0.25, -0.2) is 9.59 Å². The van der Waals surface area contributed by atoms with Crippen LogP contribution in [0.5, 0.6) is 0 Å². The van der Waals surface area contributed by atoms with Crippen LogP contribution in [0.15, 0.2) is 35.0 Å². The van der Waals surface area contributed by atoms with E-state index in [4.69, 9.17) is 0 Å². The van der Waals surface area contributed by atoms with E-state index in [-0.39, 0.29) is 11.2 Å². The van der Waals surface area contributed by atoms with Crippen molar-refractivity contribution in [3.05, 3.63) is 44.2 Å². The van der Waals surface area contributed by atoms with Crippen LogP contribution in [0.1, 0.15) is 0 Å². The Hall–Kier alpha value is -1.78. The average molecular weight is 154 g/mol. The van der Waals surface area contributed by atoms with Gasteiger partial charge in [-0.2, -0.15) is 0 Å². The van der Waals surface area contributed by atoms with Crippen LogP contribution in [0.3, 0.4) is 0 Å². The van der Waals surface area contributed by atoms with Gasteiger partial charge in [0, 0.05) is 12.1 Å². The normalized spacial score (nSPS) is 10.5. The lowest BCUT2D eigenvalue weighted by molar-refractivity contribution is 0.392. The Kier molecular flexibility index (Phi) is 1.00. The molecule has 56 valence electrons. The van der Waals surface area contributed by atoms with Crippen LogP contribution in [-0.2, 0) is 0 Å². The van der Waals surface area contributed by atoms with E-state index in [9.17, 15) is 9.59 Å². The molecule has 0 aliphatic carbocycles. The molecular formula is C6H2O5. The van der Waals surface area contributed by atoms with E-state index in [1.54, 1.807) is 0 Å². The first-order valence-corrected chi connectivity index (χ1v) is 2.79. The summed E-state index contributed by atoms with van der Waals surface area (Å²) in [6, 6.07) is 1.93. The summed E-state index contributed by atoms with van der Waals surface area (Å²) in [5, 5.41) is 0. The first-order chi connectivity index (χ1) is 5.25. The van der Waals surface area contributed by atoms with E-state index >= 15 is 0 Å². The van der Waals surface area contributed by atoms with Crippen molar-refractivity contribution in [2.24, 2.45) is 0 Å². The Morgan fingerprint density at radius 3 is 1.73 bits per heavy atom. The second kappa shape index (κ2) is 1.85. The molecule has 0 aromatic rings. The van der Waals surface area contributed by atoms with Gasteiger partial charge >= 0.3 is 22.5 Å². The monoisotopic (exact) mass is 154 g/mol. The summed E-state index contributed by atoms with van der Waals surface area (Å²) < 4.78 is 13.4. The molecule has 0 amide bonds. The van der Waals surface area contributed by atoms with Crippen LogP contribution in [0.2, 0.25) is 0 Å². The van der Waals surface area contributed by atoms with E-state index in [1.807, 2.05) is 0 Å². The van der Waals surface area contributed by atoms with Crippen LogP contribution in [-0.4, -0.2) is 0 Å². The van der Waals surface area contributed by atoms with Gasteiger partial charge < -0.3 is 13.3 Å². The molecule has 5 nitrogen and oxygen atoms in total. The van der Waals surface area contributed by atoms with Crippen molar-refractivity contribution in [2.75, 3.05) is 0 Å². The maximum absolute atomic E-state index is 10.6. The van der Waals surface area contributed by atoms with Gasteiger partial charge in [0.2, 0.25) is 0 Å². The van der Waals surface area contributed by atoms with Crippen molar-refractivity contribution < 1.29 is 13.3 Å². The largest absolute Gasteiger partial charge is 0.384 e. The first kappa shape index (κ1) is 5.96. The highest BCUT2D eigenvalue weighted by atomic mass is 16.6. The zero-order valence-corrected chi connectivity index (χ0v) is 5.20. The number of rotatable bonds is 0. The Bertz CT molecular complexity index is 480. The molecule has 2 heterocycles. The fraction of sp³-hybridized carbons (Fsp3) is 0. The quantitative estimate of drug-likeness (QED) is 0.530. The van der Waals surface area contributed by atoms with Crippen LogP contribution in [0, 0.1) is 11.2 Å². The van der Waals surface area contributed by atoms with Gasteiger partial charge in [-0.3, -0.25) is 0 Å². The molecule has 0 saturated carbocycles. The minimum atomic E-state index is -0.647. The molecule has 11 heavy (non-hydrogen) atoms. The van der Waals surface area contributed by atoms with E-state index in [0.717, 1.165) is 12.1 Å². The number of hydrogen-bond acceptors (Lipinski definition) is 5. The maximum Gasteiger partial charge on any atom is 0.381 e. The minimum absolute atomic E-state index is 0.0345. The molecule has 2 aliphatic heterocycles. The molecule has 0 saturated heterocycles. The molecule has 0 aromatic carbocycles. The molecule has 0 aromatic heterocycles. The molecular weight excluding hydrogens is 152 g/mol. The summed E-state index contributed by atoms with van der Waals surface area (Å²) in [5.41, 5.74) is -1.36. The van der Waals surface area contributed by atoms with E-state index in [1.165, 1.54) is 0 Å². The molecule has 0 radical (unpaired) electrons. The summed E-state index contributed by atoms with van der Waals surface area (Å²) in [7, 11) is 0. The zero-order valence-electron chi connectivity index (χ0n) is 5.20. The standard InChI is InChI=1S/C6H2O5/c7-3-1-2-4(8)10-6-5(9-3)11-6/h1-2H. The van der Waals surface area contributed by atoms with E-state index < -0.39 is 11.3 Å². The third-order valence-electron chi connectivity index (χ3n) is 1.05. The molecule has 0 bridgehead atoms. The highest BCUT2D eigenvalue weighted by Crippen LogP contribution is 1.98. The van der Waals surface area contributed by atoms with Gasteiger partial charge in [-0.05, 0) is 0 Å². The summed E-state index contributed by atoms with van der Waals surface area (Å²) >= 11 is 0. The van der Waals surface area contributed by atoms with E-state index in [2.05, 4.69) is 13.3 Å². The highest BCUT2D eigenvalue weighted by Gasteiger charge is 2.04. The summed E-state index contributed by atoms with van der Waals surface area (Å²) in [6.45, 7) is 0. The predicted molar refractivity (Wildman–Crippen MR) is 31.1 cm³/mol. The Morgan fingerprint density at radius 2 is 1.27 bits per heavy atom. The average Bonchev–Trinajstić information content (AvgIpc) is 2.60. The topological polar surface area (TPSA) is 73.6 Å². The summed E-state index contributed by atoms with van der Waals surface area (Å²) in [5.74, 6) is 0. The first-order valence-electron chi connectivity index (χ1n) is 2.79. The second-order valence-corrected chi connectivity index (χ2v) is 1.85. The van der Waals surface area contributed by atoms with Gasteiger partial charge in [0.05, 0.1) is 0 Å². The molecule has 5 heteroatoms. The Morgan fingerprint density at radius 1 is 0.818 bits per heavy atom. The molecule has 0 fully saturated rings. The predicted octanol–water partition coefficient (Wildman–Crippen LogP) is -0.0892. The Labute approximate surface area is 58.5 Å². The lowest BCUT2D eigenvalue weighted by Gasteiger charge is -1.65. The van der Waals surface area contributed by atoms with Crippen LogP contribution >= 0.6 is 0 Å². The molecule has 2 rings (SSSR count). The molecule has 0 unspecified atom stereocenters. The number of hydrogen-bond donors (Lipinski definition) is 0. The van der Waals surface area contributed by atoms with Crippen LogP contribution in [0.4, 0.5) is 0 Å². The van der Waals surface area contributed by atoms with Gasteiger partial charge in [0.1, 0.15) is 0 Å². The fourth-order valence-electron chi connectivity index (χ4n) is 0.571. The van der Waals surface area contributed by atoms with Gasteiger partial charge in [-0.15, -0.1) is 0 Å². The Balaban J connectivity index is 3.01. The highest BCUT2D eigenvalue weighted by molar-refractivity contribution is 4.80. The molecule has 2 aliphatic rings. The van der Waals surface area contributed by atoms with Crippen molar-refractivity contribution in [3.8, 4) is 0 Å². The molecule has 0 spiro atoms. The fourth-order valence-corrected chi connectivity index (χ4v) is 0.571. The van der Waals surface area contributed by atoms with Gasteiger partial charge in [0.25, 0.3) is 0 Å². The SMILES string of the molecule is O=c1ccc(=O)oc2oc=2o1. The minimum Gasteiger partial charge on any atom is -0.384 e. The van der Waals surface area contributed by atoms with Crippen molar-refractivity contribution in [2.45, 2.75) is 0 Å². The molecule has 0 N–H and O–H groups in total. The van der Waals surface area contributed by atoms with Crippen molar-refractivity contribution in [1.82, 2.24) is 0 Å². The third-order valence-corrected chi connectivity index (χ3v) is 1.05. The lowest BCUT2D eigenvalue weighted by atomic mass is 10.6. The summed E-state index contributed by atoms with van der Waals surface area (Å²) in [6.07, 6.45) is 0. The van der Waals surface area contributed by atoms with Crippen LogP contribution < -0.4 is 11.3 Å². The maximum atomic E-state index is 10.6. The summed E-state index contributed by atoms with van der Waals surface area (Å²) in [4.78, 5) is 21.2. The zero-order chi connectivity index (χ0) is 7.84. The van der Waals surface area contributed by atoms with E-state index in [0.29, 0.717) is 0 Å². The van der Waals surface area contributed by atoms with Gasteiger partial charge in [-0.1, -0.05) is 0 Å². The van der Waals surface area contributed by atoms with Crippen molar-refractivity contribution in [3.63, 3.8) is 0 Å². The van der Waals surface area contributed by atoms with Crippen molar-refractivity contribution in [1.29, 1.82) is 0 Å².